The van der Waals surface area contributed by atoms with Gasteiger partial charge in [-0.2, -0.15) is 0 Å². The van der Waals surface area contributed by atoms with Crippen LogP contribution in [0.15, 0.2) is 22.7 Å². The molecule has 3 heteroatoms. The molecule has 0 aromatic heterocycles. The second-order valence-electron chi connectivity index (χ2n) is 4.34. The summed E-state index contributed by atoms with van der Waals surface area (Å²) in [5, 5.41) is 0. The number of benzene rings is 1. The van der Waals surface area contributed by atoms with E-state index in [1.54, 1.807) is 0 Å². The summed E-state index contributed by atoms with van der Waals surface area (Å²) < 4.78 is 13.6. The van der Waals surface area contributed by atoms with Gasteiger partial charge in [0.1, 0.15) is 5.82 Å². The highest BCUT2D eigenvalue weighted by atomic mass is 79.9. The largest absolute Gasteiger partial charge is 0.330 e. The van der Waals surface area contributed by atoms with Crippen LogP contribution in [0, 0.1) is 11.2 Å². The summed E-state index contributed by atoms with van der Waals surface area (Å²) in [5.41, 5.74) is 7.15. The summed E-state index contributed by atoms with van der Waals surface area (Å²) in [6.45, 7) is 5.00. The van der Waals surface area contributed by atoms with Gasteiger partial charge in [-0.15, -0.1) is 0 Å². The third-order valence-corrected chi connectivity index (χ3v) is 4.10. The molecular weight excluding hydrogens is 269 g/mol. The molecule has 0 atom stereocenters. The fourth-order valence-corrected chi connectivity index (χ4v) is 2.37. The van der Waals surface area contributed by atoms with E-state index in [2.05, 4.69) is 29.8 Å². The molecule has 0 bridgehead atoms. The van der Waals surface area contributed by atoms with Crippen molar-refractivity contribution in [2.45, 2.75) is 33.1 Å². The molecule has 0 aliphatic heterocycles. The lowest BCUT2D eigenvalue weighted by Gasteiger charge is -2.30. The molecule has 0 aliphatic carbocycles. The van der Waals surface area contributed by atoms with Gasteiger partial charge in [-0.05, 0) is 64.8 Å². The third-order valence-electron chi connectivity index (χ3n) is 3.50. The van der Waals surface area contributed by atoms with Gasteiger partial charge in [0.15, 0.2) is 0 Å². The minimum atomic E-state index is -0.213. The highest BCUT2D eigenvalue weighted by Crippen LogP contribution is 2.30. The predicted octanol–water partition coefficient (Wildman–Crippen LogP) is 3.90. The van der Waals surface area contributed by atoms with Gasteiger partial charge in [0.25, 0.3) is 0 Å². The van der Waals surface area contributed by atoms with Crippen molar-refractivity contribution in [1.29, 1.82) is 0 Å². The van der Waals surface area contributed by atoms with Crippen LogP contribution in [0.3, 0.4) is 0 Å². The molecule has 0 amide bonds. The topological polar surface area (TPSA) is 26.0 Å². The first-order valence-electron chi connectivity index (χ1n) is 5.71. The fraction of sp³-hybridized carbons (Fsp3) is 0.538. The first kappa shape index (κ1) is 13.7. The minimum absolute atomic E-state index is 0.150. The normalized spacial score (nSPS) is 11.8. The molecule has 0 fully saturated rings. The maximum absolute atomic E-state index is 13.1. The van der Waals surface area contributed by atoms with Crippen molar-refractivity contribution in [1.82, 2.24) is 0 Å². The van der Waals surface area contributed by atoms with E-state index in [-0.39, 0.29) is 11.2 Å². The monoisotopic (exact) mass is 287 g/mol. The molecule has 0 heterocycles. The van der Waals surface area contributed by atoms with Gasteiger partial charge in [-0.3, -0.25) is 0 Å². The summed E-state index contributed by atoms with van der Waals surface area (Å²) >= 11 is 3.21. The second kappa shape index (κ2) is 5.78. The first-order valence-corrected chi connectivity index (χ1v) is 6.50. The Labute approximate surface area is 105 Å². The van der Waals surface area contributed by atoms with Crippen LogP contribution in [0.2, 0.25) is 0 Å². The smallest absolute Gasteiger partial charge is 0.137 e. The van der Waals surface area contributed by atoms with Crippen molar-refractivity contribution < 1.29 is 4.39 Å². The van der Waals surface area contributed by atoms with E-state index in [1.165, 1.54) is 6.07 Å². The van der Waals surface area contributed by atoms with Gasteiger partial charge < -0.3 is 5.73 Å². The zero-order valence-electron chi connectivity index (χ0n) is 9.89. The van der Waals surface area contributed by atoms with Crippen LogP contribution in [0.4, 0.5) is 4.39 Å². The Morgan fingerprint density at radius 3 is 2.38 bits per heavy atom. The Balaban J connectivity index is 2.89. The van der Waals surface area contributed by atoms with Crippen molar-refractivity contribution in [3.8, 4) is 0 Å². The SMILES string of the molecule is CCC(CC)(CN)Cc1ccc(F)c(Br)c1. The molecule has 0 unspecified atom stereocenters. The summed E-state index contributed by atoms with van der Waals surface area (Å²) in [6, 6.07) is 5.20. The molecule has 0 radical (unpaired) electrons. The molecule has 1 nitrogen and oxygen atoms in total. The van der Waals surface area contributed by atoms with Crippen LogP contribution in [0.1, 0.15) is 32.3 Å². The van der Waals surface area contributed by atoms with Crippen molar-refractivity contribution in [2.75, 3.05) is 6.54 Å². The number of nitrogens with two attached hydrogens (primary N) is 1. The Kier molecular flexibility index (Phi) is 4.93. The standard InChI is InChI=1S/C13H19BrFN/c1-3-13(4-2,9-16)8-10-5-6-12(15)11(14)7-10/h5-7H,3-4,8-9,16H2,1-2H3. The number of halogens is 2. The zero-order valence-corrected chi connectivity index (χ0v) is 11.5. The molecule has 1 aromatic rings. The summed E-state index contributed by atoms with van der Waals surface area (Å²) in [5.74, 6) is -0.213. The Hall–Kier alpha value is -0.410. The molecule has 0 saturated heterocycles. The lowest BCUT2D eigenvalue weighted by molar-refractivity contribution is 0.271. The lowest BCUT2D eigenvalue weighted by atomic mass is 9.77. The van der Waals surface area contributed by atoms with Gasteiger partial charge in [0.05, 0.1) is 4.47 Å². The molecule has 1 aromatic carbocycles. The van der Waals surface area contributed by atoms with Gasteiger partial charge in [0.2, 0.25) is 0 Å². The Morgan fingerprint density at radius 1 is 1.31 bits per heavy atom. The first-order chi connectivity index (χ1) is 7.56. The fourth-order valence-electron chi connectivity index (χ4n) is 1.94. The summed E-state index contributed by atoms with van der Waals surface area (Å²) in [7, 11) is 0. The Morgan fingerprint density at radius 2 is 1.94 bits per heavy atom. The van der Waals surface area contributed by atoms with Crippen LogP contribution in [0.25, 0.3) is 0 Å². The van der Waals surface area contributed by atoms with E-state index >= 15 is 0 Å². The average Bonchev–Trinajstić information content (AvgIpc) is 2.31. The molecule has 2 N–H and O–H groups in total. The van der Waals surface area contributed by atoms with Gasteiger partial charge in [-0.25, -0.2) is 4.39 Å². The van der Waals surface area contributed by atoms with Crippen LogP contribution in [-0.4, -0.2) is 6.54 Å². The average molecular weight is 288 g/mol. The van der Waals surface area contributed by atoms with Crippen LogP contribution >= 0.6 is 15.9 Å². The quantitative estimate of drug-likeness (QED) is 0.873. The predicted molar refractivity (Wildman–Crippen MR) is 69.9 cm³/mol. The Bertz CT molecular complexity index is 340. The number of hydrogen-bond acceptors (Lipinski definition) is 1. The lowest BCUT2D eigenvalue weighted by Crippen LogP contribution is -2.31. The molecule has 0 aliphatic rings. The molecule has 1 rings (SSSR count). The summed E-state index contributed by atoms with van der Waals surface area (Å²) in [4.78, 5) is 0. The highest BCUT2D eigenvalue weighted by molar-refractivity contribution is 9.10. The van der Waals surface area contributed by atoms with Crippen LogP contribution in [-0.2, 0) is 6.42 Å². The van der Waals surface area contributed by atoms with Gasteiger partial charge >= 0.3 is 0 Å². The maximum Gasteiger partial charge on any atom is 0.137 e. The van der Waals surface area contributed by atoms with Gasteiger partial charge in [-0.1, -0.05) is 19.9 Å². The molecule has 0 spiro atoms. The van der Waals surface area contributed by atoms with E-state index in [4.69, 9.17) is 5.73 Å². The molecule has 0 saturated carbocycles. The highest BCUT2D eigenvalue weighted by Gasteiger charge is 2.24. The minimum Gasteiger partial charge on any atom is -0.330 e. The van der Waals surface area contributed by atoms with Crippen LogP contribution < -0.4 is 5.73 Å². The maximum atomic E-state index is 13.1. The van der Waals surface area contributed by atoms with Crippen molar-refractivity contribution in [3.63, 3.8) is 0 Å². The third kappa shape index (κ3) is 3.05. The van der Waals surface area contributed by atoms with Crippen LogP contribution in [0.5, 0.6) is 0 Å². The van der Waals surface area contributed by atoms with E-state index < -0.39 is 0 Å². The number of hydrogen-bond donors (Lipinski definition) is 1. The number of rotatable bonds is 5. The zero-order chi connectivity index (χ0) is 12.2. The van der Waals surface area contributed by atoms with Crippen molar-refractivity contribution in [2.24, 2.45) is 11.1 Å². The molecule has 16 heavy (non-hydrogen) atoms. The van der Waals surface area contributed by atoms with Crippen molar-refractivity contribution in [3.05, 3.63) is 34.1 Å². The summed E-state index contributed by atoms with van der Waals surface area (Å²) in [6.07, 6.45) is 3.01. The van der Waals surface area contributed by atoms with Crippen molar-refractivity contribution >= 4 is 15.9 Å². The molecule has 90 valence electrons. The van der Waals surface area contributed by atoms with E-state index in [9.17, 15) is 4.39 Å². The second-order valence-corrected chi connectivity index (χ2v) is 5.19. The van der Waals surface area contributed by atoms with E-state index in [0.717, 1.165) is 24.8 Å². The van der Waals surface area contributed by atoms with E-state index in [0.29, 0.717) is 11.0 Å². The van der Waals surface area contributed by atoms with E-state index in [1.807, 2.05) is 12.1 Å². The molecular formula is C13H19BrFN. The van der Waals surface area contributed by atoms with Gasteiger partial charge in [0, 0.05) is 0 Å².